The molecule has 2 N–H and O–H groups in total. The summed E-state index contributed by atoms with van der Waals surface area (Å²) in [6.45, 7) is 0. The number of pyridine rings is 1. The maximum atomic E-state index is 11.5. The lowest BCUT2D eigenvalue weighted by molar-refractivity contribution is 1.04. The summed E-state index contributed by atoms with van der Waals surface area (Å²) in [5.74, 6) is 0. The van der Waals surface area contributed by atoms with E-state index in [4.69, 9.17) is 5.73 Å². The molecule has 0 aliphatic carbocycles. The zero-order valence-corrected chi connectivity index (χ0v) is 8.15. The van der Waals surface area contributed by atoms with Gasteiger partial charge in [0.2, 0.25) is 0 Å². The molecular weight excluding hydrogens is 234 g/mol. The zero-order valence-electron chi connectivity index (χ0n) is 6.57. The Kier molecular flexibility index (Phi) is 1.81. The molecule has 0 amide bonds. The summed E-state index contributed by atoms with van der Waals surface area (Å²) in [5, 5.41) is 0. The SMILES string of the molecule is Nc1cnc2c(Br)cccn2c1=O. The van der Waals surface area contributed by atoms with E-state index in [0.717, 1.165) is 4.47 Å². The molecule has 0 aliphatic rings. The molecule has 5 heteroatoms. The van der Waals surface area contributed by atoms with Crippen molar-refractivity contribution in [3.05, 3.63) is 39.4 Å². The van der Waals surface area contributed by atoms with E-state index < -0.39 is 0 Å². The first kappa shape index (κ1) is 8.25. The van der Waals surface area contributed by atoms with E-state index in [9.17, 15) is 4.79 Å². The number of nitrogens with two attached hydrogens (primary N) is 1. The highest BCUT2D eigenvalue weighted by Gasteiger charge is 2.02. The second-order valence-electron chi connectivity index (χ2n) is 2.57. The van der Waals surface area contributed by atoms with Crippen LogP contribution in [0.15, 0.2) is 33.8 Å². The van der Waals surface area contributed by atoms with Gasteiger partial charge in [0.15, 0.2) is 5.65 Å². The van der Waals surface area contributed by atoms with E-state index in [2.05, 4.69) is 20.9 Å². The third-order valence-corrected chi connectivity index (χ3v) is 2.33. The van der Waals surface area contributed by atoms with E-state index in [1.165, 1.54) is 10.6 Å². The van der Waals surface area contributed by atoms with Crippen LogP contribution in [-0.4, -0.2) is 9.38 Å². The summed E-state index contributed by atoms with van der Waals surface area (Å²) in [5.41, 5.74) is 5.90. The van der Waals surface area contributed by atoms with Crippen LogP contribution in [0.25, 0.3) is 5.65 Å². The molecule has 66 valence electrons. The molecule has 2 heterocycles. The quantitative estimate of drug-likeness (QED) is 0.748. The van der Waals surface area contributed by atoms with Gasteiger partial charge in [-0.25, -0.2) is 4.98 Å². The van der Waals surface area contributed by atoms with Crippen LogP contribution in [0, 0.1) is 0 Å². The van der Waals surface area contributed by atoms with Gasteiger partial charge in [0.1, 0.15) is 5.69 Å². The predicted molar refractivity (Wildman–Crippen MR) is 53.6 cm³/mol. The van der Waals surface area contributed by atoms with Gasteiger partial charge in [0.25, 0.3) is 5.56 Å². The van der Waals surface area contributed by atoms with Gasteiger partial charge >= 0.3 is 0 Å². The van der Waals surface area contributed by atoms with Crippen molar-refractivity contribution in [1.29, 1.82) is 0 Å². The van der Waals surface area contributed by atoms with E-state index >= 15 is 0 Å². The monoisotopic (exact) mass is 239 g/mol. The molecule has 0 saturated carbocycles. The molecular formula is C8H6BrN3O. The molecule has 4 nitrogen and oxygen atoms in total. The third kappa shape index (κ3) is 1.21. The Labute approximate surface area is 82.1 Å². The van der Waals surface area contributed by atoms with Crippen molar-refractivity contribution in [2.75, 3.05) is 5.73 Å². The minimum absolute atomic E-state index is 0.149. The first-order chi connectivity index (χ1) is 6.20. The normalized spacial score (nSPS) is 10.5. The lowest BCUT2D eigenvalue weighted by Crippen LogP contribution is -2.18. The summed E-state index contributed by atoms with van der Waals surface area (Å²) in [4.78, 5) is 15.5. The summed E-state index contributed by atoms with van der Waals surface area (Å²) in [6.07, 6.45) is 2.99. The molecule has 0 atom stereocenters. The number of hydrogen-bond acceptors (Lipinski definition) is 3. The fourth-order valence-electron chi connectivity index (χ4n) is 1.09. The van der Waals surface area contributed by atoms with Crippen LogP contribution in [0.5, 0.6) is 0 Å². The van der Waals surface area contributed by atoms with E-state index in [0.29, 0.717) is 5.65 Å². The van der Waals surface area contributed by atoms with Crippen molar-refractivity contribution < 1.29 is 0 Å². The van der Waals surface area contributed by atoms with Crippen molar-refractivity contribution >= 4 is 27.3 Å². The molecule has 0 saturated heterocycles. The average molecular weight is 240 g/mol. The highest BCUT2D eigenvalue weighted by atomic mass is 79.9. The maximum absolute atomic E-state index is 11.5. The number of rotatable bonds is 0. The minimum atomic E-state index is -0.244. The predicted octanol–water partition coefficient (Wildman–Crippen LogP) is 1.04. The summed E-state index contributed by atoms with van der Waals surface area (Å²) in [6, 6.07) is 3.57. The van der Waals surface area contributed by atoms with Crippen LogP contribution in [0.4, 0.5) is 5.69 Å². The van der Waals surface area contributed by atoms with Gasteiger partial charge in [-0.3, -0.25) is 9.20 Å². The largest absolute Gasteiger partial charge is 0.393 e. The fraction of sp³-hybridized carbons (Fsp3) is 0. The number of hydrogen-bond donors (Lipinski definition) is 1. The zero-order chi connectivity index (χ0) is 9.42. The lowest BCUT2D eigenvalue weighted by atomic mass is 10.4. The molecule has 0 bridgehead atoms. The first-order valence-corrected chi connectivity index (χ1v) is 4.41. The van der Waals surface area contributed by atoms with Crippen LogP contribution < -0.4 is 11.3 Å². The number of aromatic nitrogens is 2. The highest BCUT2D eigenvalue weighted by molar-refractivity contribution is 9.10. The molecule has 2 rings (SSSR count). The Balaban J connectivity index is 3.03. The van der Waals surface area contributed by atoms with Gasteiger partial charge in [-0.1, -0.05) is 0 Å². The third-order valence-electron chi connectivity index (χ3n) is 1.71. The van der Waals surface area contributed by atoms with Gasteiger partial charge < -0.3 is 5.73 Å². The van der Waals surface area contributed by atoms with Gasteiger partial charge in [-0.15, -0.1) is 0 Å². The molecule has 0 unspecified atom stereocenters. The standard InChI is InChI=1S/C8H6BrN3O/c9-5-2-1-3-12-7(5)11-4-6(10)8(12)13/h1-4H,10H2. The van der Waals surface area contributed by atoms with Gasteiger partial charge in [0.05, 0.1) is 10.7 Å². The van der Waals surface area contributed by atoms with Crippen LogP contribution in [-0.2, 0) is 0 Å². The smallest absolute Gasteiger partial charge is 0.281 e. The summed E-state index contributed by atoms with van der Waals surface area (Å²) >= 11 is 3.29. The van der Waals surface area contributed by atoms with Crippen LogP contribution in [0.2, 0.25) is 0 Å². The van der Waals surface area contributed by atoms with Crippen LogP contribution in [0.3, 0.4) is 0 Å². The number of halogens is 1. The first-order valence-electron chi connectivity index (χ1n) is 3.61. The molecule has 13 heavy (non-hydrogen) atoms. The van der Waals surface area contributed by atoms with Crippen LogP contribution >= 0.6 is 15.9 Å². The van der Waals surface area contributed by atoms with Crippen molar-refractivity contribution in [3.63, 3.8) is 0 Å². The van der Waals surface area contributed by atoms with Gasteiger partial charge in [0, 0.05) is 6.20 Å². The molecule has 0 fully saturated rings. The molecule has 2 aromatic heterocycles. The molecule has 0 radical (unpaired) electrons. The van der Waals surface area contributed by atoms with E-state index in [-0.39, 0.29) is 11.2 Å². The molecule has 0 aliphatic heterocycles. The number of fused-ring (bicyclic) bond motifs is 1. The van der Waals surface area contributed by atoms with Crippen LogP contribution in [0.1, 0.15) is 0 Å². The maximum Gasteiger partial charge on any atom is 0.281 e. The highest BCUT2D eigenvalue weighted by Crippen LogP contribution is 2.13. The Bertz CT molecular complexity index is 520. The topological polar surface area (TPSA) is 60.4 Å². The molecule has 0 aromatic carbocycles. The van der Waals surface area contributed by atoms with Crippen molar-refractivity contribution in [2.24, 2.45) is 0 Å². The summed E-state index contributed by atoms with van der Waals surface area (Å²) < 4.78 is 2.17. The minimum Gasteiger partial charge on any atom is -0.393 e. The Morgan fingerprint density at radius 2 is 2.31 bits per heavy atom. The van der Waals surface area contributed by atoms with Crippen molar-refractivity contribution in [3.8, 4) is 0 Å². The fourth-order valence-corrected chi connectivity index (χ4v) is 1.53. The molecule has 2 aromatic rings. The van der Waals surface area contributed by atoms with E-state index in [1.807, 2.05) is 6.07 Å². The Morgan fingerprint density at radius 3 is 3.08 bits per heavy atom. The number of nitrogens with zero attached hydrogens (tertiary/aromatic N) is 2. The van der Waals surface area contributed by atoms with Crippen molar-refractivity contribution in [1.82, 2.24) is 9.38 Å². The second kappa shape index (κ2) is 2.85. The molecule has 0 spiro atoms. The summed E-state index contributed by atoms with van der Waals surface area (Å²) in [7, 11) is 0. The number of nitrogen functional groups attached to an aromatic ring is 1. The number of anilines is 1. The Hall–Kier alpha value is -1.36. The van der Waals surface area contributed by atoms with Crippen molar-refractivity contribution in [2.45, 2.75) is 0 Å². The Morgan fingerprint density at radius 1 is 1.54 bits per heavy atom. The second-order valence-corrected chi connectivity index (χ2v) is 3.42. The lowest BCUT2D eigenvalue weighted by Gasteiger charge is -2.01. The average Bonchev–Trinajstić information content (AvgIpc) is 2.12. The van der Waals surface area contributed by atoms with Gasteiger partial charge in [-0.2, -0.15) is 0 Å². The van der Waals surface area contributed by atoms with Gasteiger partial charge in [-0.05, 0) is 28.1 Å². The van der Waals surface area contributed by atoms with E-state index in [1.54, 1.807) is 12.3 Å².